The highest BCUT2D eigenvalue weighted by atomic mass is 32.1. The molecule has 18 heavy (non-hydrogen) atoms. The van der Waals surface area contributed by atoms with Crippen molar-refractivity contribution in [3.8, 4) is 0 Å². The Morgan fingerprint density at radius 2 is 2.44 bits per heavy atom. The second kappa shape index (κ2) is 5.45. The van der Waals surface area contributed by atoms with Gasteiger partial charge < -0.3 is 10.2 Å². The Morgan fingerprint density at radius 1 is 1.67 bits per heavy atom. The minimum absolute atomic E-state index is 0.0272. The third kappa shape index (κ3) is 3.05. The Labute approximate surface area is 109 Å². The second-order valence-electron chi connectivity index (χ2n) is 4.29. The summed E-state index contributed by atoms with van der Waals surface area (Å²) in [4.78, 5) is 29.0. The summed E-state index contributed by atoms with van der Waals surface area (Å²) in [5.41, 5.74) is 0.896. The van der Waals surface area contributed by atoms with Crippen molar-refractivity contribution in [1.29, 1.82) is 0 Å². The first kappa shape index (κ1) is 13.0. The lowest BCUT2D eigenvalue weighted by Crippen LogP contribution is -2.58. The third-order valence-corrected chi connectivity index (χ3v) is 3.57. The lowest BCUT2D eigenvalue weighted by Gasteiger charge is -2.27. The number of aryl methyl sites for hydroxylation is 1. The minimum Gasteiger partial charge on any atom is -0.353 e. The maximum Gasteiger partial charge on any atom is 0.241 e. The smallest absolute Gasteiger partial charge is 0.241 e. The molecule has 0 bridgehead atoms. The molecule has 0 saturated carbocycles. The largest absolute Gasteiger partial charge is 0.353 e. The molecule has 1 atom stereocenters. The molecule has 2 rings (SSSR count). The van der Waals surface area contributed by atoms with Crippen LogP contribution in [0.1, 0.15) is 10.7 Å². The Balaban J connectivity index is 1.90. The van der Waals surface area contributed by atoms with E-state index in [1.54, 1.807) is 23.3 Å². The summed E-state index contributed by atoms with van der Waals surface area (Å²) in [7, 11) is 1.75. The van der Waals surface area contributed by atoms with Gasteiger partial charge in [-0.3, -0.25) is 14.9 Å². The third-order valence-electron chi connectivity index (χ3n) is 2.75. The van der Waals surface area contributed by atoms with E-state index in [-0.39, 0.29) is 24.4 Å². The van der Waals surface area contributed by atoms with Gasteiger partial charge >= 0.3 is 0 Å². The van der Waals surface area contributed by atoms with E-state index in [2.05, 4.69) is 15.6 Å². The molecular formula is C11H16N4O2S. The van der Waals surface area contributed by atoms with Gasteiger partial charge in [0.2, 0.25) is 11.8 Å². The molecule has 1 aliphatic heterocycles. The molecule has 1 aromatic heterocycles. The highest BCUT2D eigenvalue weighted by molar-refractivity contribution is 7.09. The van der Waals surface area contributed by atoms with Crippen LogP contribution in [0.2, 0.25) is 0 Å². The Hall–Kier alpha value is -1.47. The van der Waals surface area contributed by atoms with Gasteiger partial charge in [0.05, 0.1) is 23.8 Å². The molecule has 1 unspecified atom stereocenters. The fraction of sp³-hybridized carbons (Fsp3) is 0.545. The average Bonchev–Trinajstić information content (AvgIpc) is 2.75. The Bertz CT molecular complexity index is 450. The van der Waals surface area contributed by atoms with E-state index in [0.29, 0.717) is 13.1 Å². The first-order valence-corrected chi connectivity index (χ1v) is 6.60. The summed E-state index contributed by atoms with van der Waals surface area (Å²) < 4.78 is 0. The molecule has 0 radical (unpaired) electrons. The zero-order valence-electron chi connectivity index (χ0n) is 10.4. The van der Waals surface area contributed by atoms with Gasteiger partial charge in [-0.15, -0.1) is 11.3 Å². The van der Waals surface area contributed by atoms with Crippen LogP contribution >= 0.6 is 11.3 Å². The number of nitrogens with zero attached hydrogens (tertiary/aromatic N) is 2. The number of carbonyl (C=O) groups excluding carboxylic acids is 2. The van der Waals surface area contributed by atoms with E-state index in [9.17, 15) is 9.59 Å². The lowest BCUT2D eigenvalue weighted by atomic mass is 10.2. The number of likely N-dealkylation sites (N-methyl/N-ethyl adjacent to an activating group) is 1. The van der Waals surface area contributed by atoms with Crippen LogP contribution in [0.25, 0.3) is 0 Å². The minimum atomic E-state index is -0.340. The first-order valence-electron chi connectivity index (χ1n) is 5.72. The van der Waals surface area contributed by atoms with Gasteiger partial charge in [0, 0.05) is 19.0 Å². The van der Waals surface area contributed by atoms with Gasteiger partial charge in [-0.1, -0.05) is 0 Å². The summed E-state index contributed by atoms with van der Waals surface area (Å²) in [6.45, 7) is 2.97. The van der Waals surface area contributed by atoms with Crippen molar-refractivity contribution in [2.45, 2.75) is 19.5 Å². The second-order valence-corrected chi connectivity index (χ2v) is 5.35. The van der Waals surface area contributed by atoms with Crippen LogP contribution in [-0.4, -0.2) is 47.9 Å². The van der Waals surface area contributed by atoms with Gasteiger partial charge in [-0.25, -0.2) is 4.98 Å². The number of nitrogens with one attached hydrogen (secondary N) is 2. The van der Waals surface area contributed by atoms with Gasteiger partial charge in [0.25, 0.3) is 0 Å². The van der Waals surface area contributed by atoms with E-state index >= 15 is 0 Å². The predicted octanol–water partition coefficient (Wildman–Crippen LogP) is -0.502. The molecular weight excluding hydrogens is 252 g/mol. The average molecular weight is 268 g/mol. The molecule has 1 fully saturated rings. The molecule has 98 valence electrons. The Kier molecular flexibility index (Phi) is 3.93. The monoisotopic (exact) mass is 268 g/mol. The first-order chi connectivity index (χ1) is 8.56. The molecule has 0 aromatic carbocycles. The van der Waals surface area contributed by atoms with Crippen molar-refractivity contribution >= 4 is 23.2 Å². The number of rotatable bonds is 3. The zero-order valence-corrected chi connectivity index (χ0v) is 11.2. The predicted molar refractivity (Wildman–Crippen MR) is 68.1 cm³/mol. The van der Waals surface area contributed by atoms with Crippen molar-refractivity contribution < 1.29 is 9.59 Å². The fourth-order valence-electron chi connectivity index (χ4n) is 1.81. The molecule has 2 N–H and O–H groups in total. The van der Waals surface area contributed by atoms with Crippen LogP contribution < -0.4 is 10.6 Å². The standard InChI is InChI=1S/C11H16N4O2S/c1-7-14-8(6-18-7)5-15(2)11(17)9-3-13-10(16)4-12-9/h6,9,12H,3-5H2,1-2H3,(H,13,16). The molecule has 1 saturated heterocycles. The van der Waals surface area contributed by atoms with E-state index in [0.717, 1.165) is 10.7 Å². The highest BCUT2D eigenvalue weighted by Crippen LogP contribution is 2.10. The molecule has 2 amide bonds. The molecule has 7 heteroatoms. The fourth-order valence-corrected chi connectivity index (χ4v) is 2.41. The van der Waals surface area contributed by atoms with Crippen LogP contribution in [-0.2, 0) is 16.1 Å². The molecule has 1 aromatic rings. The maximum absolute atomic E-state index is 12.1. The van der Waals surface area contributed by atoms with E-state index in [1.807, 2.05) is 12.3 Å². The van der Waals surface area contributed by atoms with Crippen LogP contribution in [0.3, 0.4) is 0 Å². The van der Waals surface area contributed by atoms with Crippen LogP contribution in [0.4, 0.5) is 0 Å². The van der Waals surface area contributed by atoms with Gasteiger partial charge in [-0.2, -0.15) is 0 Å². The number of aromatic nitrogens is 1. The maximum atomic E-state index is 12.1. The molecule has 1 aliphatic rings. The molecule has 0 spiro atoms. The number of hydrogen-bond donors (Lipinski definition) is 2. The summed E-state index contributed by atoms with van der Waals surface area (Å²) in [5.74, 6) is -0.0996. The SMILES string of the molecule is Cc1nc(CN(C)C(=O)C2CNC(=O)CN2)cs1. The van der Waals surface area contributed by atoms with E-state index in [4.69, 9.17) is 0 Å². The summed E-state index contributed by atoms with van der Waals surface area (Å²) in [6.07, 6.45) is 0. The quantitative estimate of drug-likeness (QED) is 0.775. The van der Waals surface area contributed by atoms with Crippen molar-refractivity contribution in [3.05, 3.63) is 16.1 Å². The number of hydrogen-bond acceptors (Lipinski definition) is 5. The van der Waals surface area contributed by atoms with Gasteiger partial charge in [0.15, 0.2) is 0 Å². The van der Waals surface area contributed by atoms with Gasteiger partial charge in [0.1, 0.15) is 6.04 Å². The number of amides is 2. The van der Waals surface area contributed by atoms with Crippen LogP contribution in [0.15, 0.2) is 5.38 Å². The molecule has 2 heterocycles. The summed E-state index contributed by atoms with van der Waals surface area (Å²) >= 11 is 1.57. The van der Waals surface area contributed by atoms with Crippen molar-refractivity contribution in [2.24, 2.45) is 0 Å². The number of carbonyl (C=O) groups is 2. The topological polar surface area (TPSA) is 74.3 Å². The Morgan fingerprint density at radius 3 is 3.00 bits per heavy atom. The van der Waals surface area contributed by atoms with Crippen LogP contribution in [0, 0.1) is 6.92 Å². The molecule has 6 nitrogen and oxygen atoms in total. The zero-order chi connectivity index (χ0) is 13.1. The number of piperazine rings is 1. The van der Waals surface area contributed by atoms with Crippen molar-refractivity contribution in [2.75, 3.05) is 20.1 Å². The van der Waals surface area contributed by atoms with Crippen molar-refractivity contribution in [1.82, 2.24) is 20.5 Å². The normalized spacial score (nSPS) is 19.4. The van der Waals surface area contributed by atoms with Crippen LogP contribution in [0.5, 0.6) is 0 Å². The summed E-state index contributed by atoms with van der Waals surface area (Å²) in [5, 5.41) is 8.54. The van der Waals surface area contributed by atoms with E-state index < -0.39 is 0 Å². The summed E-state index contributed by atoms with van der Waals surface area (Å²) in [6, 6.07) is -0.340. The lowest BCUT2D eigenvalue weighted by molar-refractivity contribution is -0.134. The highest BCUT2D eigenvalue weighted by Gasteiger charge is 2.26. The number of thiazole rings is 1. The van der Waals surface area contributed by atoms with E-state index in [1.165, 1.54) is 0 Å². The van der Waals surface area contributed by atoms with Crippen molar-refractivity contribution in [3.63, 3.8) is 0 Å². The molecule has 0 aliphatic carbocycles. The van der Waals surface area contributed by atoms with Gasteiger partial charge in [-0.05, 0) is 6.92 Å².